The maximum absolute atomic E-state index is 13.8. The molecular formula is C20H16FN3O2. The maximum Gasteiger partial charge on any atom is 0.336 e. The summed E-state index contributed by atoms with van der Waals surface area (Å²) in [6.45, 7) is 1.68. The van der Waals surface area contributed by atoms with Gasteiger partial charge in [0.1, 0.15) is 11.9 Å². The first-order valence-corrected chi connectivity index (χ1v) is 8.10. The van der Waals surface area contributed by atoms with E-state index in [2.05, 4.69) is 16.0 Å². The number of hydrogen-bond acceptors (Lipinski definition) is 4. The Balaban J connectivity index is 1.82. The minimum absolute atomic E-state index is 0.0888. The number of carbonyl (C=O) groups is 1. The van der Waals surface area contributed by atoms with Crippen LogP contribution in [0.2, 0.25) is 0 Å². The molecule has 0 aliphatic carbocycles. The van der Waals surface area contributed by atoms with Gasteiger partial charge in [-0.25, -0.2) is 9.18 Å². The first-order valence-electron chi connectivity index (χ1n) is 8.10. The largest absolute Gasteiger partial charge is 0.478 e. The lowest BCUT2D eigenvalue weighted by atomic mass is 9.98. The monoisotopic (exact) mass is 349 g/mol. The molecule has 1 unspecified atom stereocenters. The molecule has 0 spiro atoms. The summed E-state index contributed by atoms with van der Waals surface area (Å²) in [5.74, 6) is -1.33. The van der Waals surface area contributed by atoms with Gasteiger partial charge >= 0.3 is 5.97 Å². The van der Waals surface area contributed by atoms with Crippen LogP contribution in [-0.4, -0.2) is 28.3 Å². The van der Waals surface area contributed by atoms with Crippen molar-refractivity contribution >= 4 is 12.2 Å². The number of nitriles is 1. The zero-order valence-electron chi connectivity index (χ0n) is 14.1. The van der Waals surface area contributed by atoms with Crippen molar-refractivity contribution in [3.8, 4) is 17.3 Å². The van der Waals surface area contributed by atoms with E-state index in [9.17, 15) is 14.4 Å². The molecular weight excluding hydrogens is 333 g/mol. The molecule has 130 valence electrons. The smallest absolute Gasteiger partial charge is 0.336 e. The van der Waals surface area contributed by atoms with Gasteiger partial charge in [0.05, 0.1) is 22.9 Å². The van der Waals surface area contributed by atoms with Crippen LogP contribution in [0, 0.1) is 24.1 Å². The second-order valence-corrected chi connectivity index (χ2v) is 6.15. The van der Waals surface area contributed by atoms with Crippen LogP contribution >= 0.6 is 0 Å². The third-order valence-electron chi connectivity index (χ3n) is 4.26. The molecule has 0 saturated heterocycles. The summed E-state index contributed by atoms with van der Waals surface area (Å²) in [5.41, 5.74) is 2.91. The molecule has 1 aliphatic rings. The predicted molar refractivity (Wildman–Crippen MR) is 95.4 cm³/mol. The molecule has 0 fully saturated rings. The van der Waals surface area contributed by atoms with E-state index in [1.807, 2.05) is 0 Å². The van der Waals surface area contributed by atoms with Gasteiger partial charge in [-0.05, 0) is 43.0 Å². The van der Waals surface area contributed by atoms with Gasteiger partial charge in [0.15, 0.2) is 0 Å². The van der Waals surface area contributed by atoms with Crippen molar-refractivity contribution in [3.05, 3.63) is 64.6 Å². The molecule has 1 aliphatic heterocycles. The SMILES string of the molecule is Cc1ccc(-c2ncc(CC3CC=C(C(=O)O)C=N3)cc2C#N)cc1F. The number of aliphatic carboxylic acids is 1. The summed E-state index contributed by atoms with van der Waals surface area (Å²) in [6.07, 6.45) is 5.72. The Bertz CT molecular complexity index is 974. The number of carboxylic acids is 1. The lowest BCUT2D eigenvalue weighted by Crippen LogP contribution is -2.15. The molecule has 0 saturated carbocycles. The van der Waals surface area contributed by atoms with E-state index in [1.54, 1.807) is 37.4 Å². The highest BCUT2D eigenvalue weighted by molar-refractivity contribution is 6.08. The highest BCUT2D eigenvalue weighted by Gasteiger charge is 2.16. The highest BCUT2D eigenvalue weighted by Crippen LogP contribution is 2.25. The Kier molecular flexibility index (Phi) is 4.90. The van der Waals surface area contributed by atoms with Crippen LogP contribution in [0.15, 0.2) is 47.1 Å². The average Bonchev–Trinajstić information content (AvgIpc) is 2.64. The highest BCUT2D eigenvalue weighted by atomic mass is 19.1. The van der Waals surface area contributed by atoms with Crippen molar-refractivity contribution in [1.82, 2.24) is 4.98 Å². The summed E-state index contributed by atoms with van der Waals surface area (Å²) < 4.78 is 13.8. The predicted octanol–water partition coefficient (Wildman–Crippen LogP) is 3.46. The van der Waals surface area contributed by atoms with Gasteiger partial charge in [-0.3, -0.25) is 9.98 Å². The second kappa shape index (κ2) is 7.28. The zero-order chi connectivity index (χ0) is 18.7. The zero-order valence-corrected chi connectivity index (χ0v) is 14.1. The van der Waals surface area contributed by atoms with Gasteiger partial charge in [0.25, 0.3) is 0 Å². The van der Waals surface area contributed by atoms with Crippen LogP contribution in [0.5, 0.6) is 0 Å². The van der Waals surface area contributed by atoms with Crippen molar-refractivity contribution in [2.24, 2.45) is 4.99 Å². The Morgan fingerprint density at radius 2 is 2.23 bits per heavy atom. The number of halogens is 1. The molecule has 1 aromatic carbocycles. The molecule has 26 heavy (non-hydrogen) atoms. The minimum Gasteiger partial charge on any atom is -0.478 e. The van der Waals surface area contributed by atoms with E-state index in [1.165, 1.54) is 12.3 Å². The van der Waals surface area contributed by atoms with E-state index in [0.717, 1.165) is 5.56 Å². The molecule has 1 atom stereocenters. The molecule has 1 aromatic heterocycles. The van der Waals surface area contributed by atoms with Crippen LogP contribution in [0.25, 0.3) is 11.3 Å². The van der Waals surface area contributed by atoms with E-state index < -0.39 is 5.97 Å². The Morgan fingerprint density at radius 3 is 2.85 bits per heavy atom. The number of aliphatic imine (C=N–C) groups is 1. The van der Waals surface area contributed by atoms with Crippen molar-refractivity contribution in [2.75, 3.05) is 0 Å². The summed E-state index contributed by atoms with van der Waals surface area (Å²) >= 11 is 0. The topological polar surface area (TPSA) is 86.3 Å². The maximum atomic E-state index is 13.8. The number of pyridine rings is 1. The summed E-state index contributed by atoms with van der Waals surface area (Å²) in [4.78, 5) is 19.5. The van der Waals surface area contributed by atoms with Gasteiger partial charge in [-0.2, -0.15) is 5.26 Å². The standard InChI is InChI=1S/C20H16FN3O2/c1-12-2-3-14(8-18(12)21)19-16(9-22)6-13(10-24-19)7-17-5-4-15(11-23-17)20(25)26/h2-4,6,8,10-11,17H,5,7H2,1H3,(H,25,26). The van der Waals surface area contributed by atoms with Crippen molar-refractivity contribution in [2.45, 2.75) is 25.8 Å². The quantitative estimate of drug-likeness (QED) is 0.916. The molecule has 2 heterocycles. The number of aryl methyl sites for hydroxylation is 1. The van der Waals surface area contributed by atoms with E-state index in [4.69, 9.17) is 5.11 Å². The van der Waals surface area contributed by atoms with Crippen LogP contribution in [-0.2, 0) is 11.2 Å². The third kappa shape index (κ3) is 3.67. The van der Waals surface area contributed by atoms with Crippen LogP contribution in [0.1, 0.15) is 23.1 Å². The molecule has 0 bridgehead atoms. The Labute approximate surface area is 150 Å². The lowest BCUT2D eigenvalue weighted by molar-refractivity contribution is -0.132. The minimum atomic E-state index is -0.990. The molecule has 6 heteroatoms. The van der Waals surface area contributed by atoms with Gasteiger partial charge in [-0.15, -0.1) is 0 Å². The summed E-state index contributed by atoms with van der Waals surface area (Å²) in [6, 6.07) is 8.53. The van der Waals surface area contributed by atoms with E-state index >= 15 is 0 Å². The van der Waals surface area contributed by atoms with Gasteiger partial charge < -0.3 is 5.11 Å². The average molecular weight is 349 g/mol. The summed E-state index contributed by atoms with van der Waals surface area (Å²) in [5, 5.41) is 18.4. The van der Waals surface area contributed by atoms with Crippen molar-refractivity contribution in [3.63, 3.8) is 0 Å². The number of hydrogen-bond donors (Lipinski definition) is 1. The normalized spacial score (nSPS) is 16.0. The second-order valence-electron chi connectivity index (χ2n) is 6.15. The van der Waals surface area contributed by atoms with E-state index in [-0.39, 0.29) is 17.4 Å². The number of dihydropyridines is 1. The molecule has 0 radical (unpaired) electrons. The Hall–Kier alpha value is -3.33. The van der Waals surface area contributed by atoms with Crippen molar-refractivity contribution in [1.29, 1.82) is 5.26 Å². The first kappa shape index (κ1) is 17.5. The number of carboxylic acid groups (broad SMARTS) is 1. The fraction of sp³-hybridized carbons (Fsp3) is 0.200. The van der Waals surface area contributed by atoms with Crippen LogP contribution in [0.3, 0.4) is 0 Å². The van der Waals surface area contributed by atoms with Gasteiger partial charge in [0.2, 0.25) is 0 Å². The third-order valence-corrected chi connectivity index (χ3v) is 4.26. The fourth-order valence-corrected chi connectivity index (χ4v) is 2.79. The fourth-order valence-electron chi connectivity index (χ4n) is 2.79. The molecule has 1 N–H and O–H groups in total. The number of aromatic nitrogens is 1. The van der Waals surface area contributed by atoms with E-state index in [0.29, 0.717) is 35.2 Å². The number of rotatable bonds is 4. The summed E-state index contributed by atoms with van der Waals surface area (Å²) in [7, 11) is 0. The van der Waals surface area contributed by atoms with Crippen molar-refractivity contribution < 1.29 is 14.3 Å². The van der Waals surface area contributed by atoms with Gasteiger partial charge in [0, 0.05) is 18.0 Å². The Morgan fingerprint density at radius 1 is 1.42 bits per heavy atom. The molecule has 2 aromatic rings. The molecule has 3 rings (SSSR count). The van der Waals surface area contributed by atoms with Gasteiger partial charge in [-0.1, -0.05) is 18.2 Å². The van der Waals surface area contributed by atoms with Crippen LogP contribution < -0.4 is 0 Å². The van der Waals surface area contributed by atoms with Crippen LogP contribution in [0.4, 0.5) is 4.39 Å². The molecule has 0 amide bonds. The first-order chi connectivity index (χ1) is 12.5. The number of benzene rings is 1. The number of nitrogens with zero attached hydrogens (tertiary/aromatic N) is 3. The molecule has 5 nitrogen and oxygen atoms in total. The lowest BCUT2D eigenvalue weighted by Gasteiger charge is -2.15.